The Morgan fingerprint density at radius 3 is 2.36 bits per heavy atom. The van der Waals surface area contributed by atoms with Crippen molar-refractivity contribution in [1.82, 2.24) is 0 Å². The summed E-state index contributed by atoms with van der Waals surface area (Å²) in [6, 6.07) is 7.76. The zero-order valence-corrected chi connectivity index (χ0v) is 16.7. The lowest BCUT2D eigenvalue weighted by molar-refractivity contribution is -0.0195. The van der Waals surface area contributed by atoms with E-state index in [1.165, 1.54) is 18.2 Å². The van der Waals surface area contributed by atoms with Gasteiger partial charge < -0.3 is 4.74 Å². The second-order valence-corrected chi connectivity index (χ2v) is 7.80. The van der Waals surface area contributed by atoms with Gasteiger partial charge in [-0.25, -0.2) is 13.2 Å². The van der Waals surface area contributed by atoms with Gasteiger partial charge in [0.1, 0.15) is 5.82 Å². The highest BCUT2D eigenvalue weighted by Gasteiger charge is 2.24. The summed E-state index contributed by atoms with van der Waals surface area (Å²) in [6.45, 7) is 4.86. The number of benzene rings is 2. The molecule has 0 bridgehead atoms. The Bertz CT molecular complexity index is 795. The van der Waals surface area contributed by atoms with Crippen molar-refractivity contribution in [3.63, 3.8) is 0 Å². The summed E-state index contributed by atoms with van der Waals surface area (Å²) in [6.07, 6.45) is 6.27. The second kappa shape index (κ2) is 9.60. The lowest BCUT2D eigenvalue weighted by Crippen LogP contribution is -2.20. The molecular formula is C24H29F3O. The molecule has 2 aromatic carbocycles. The highest BCUT2D eigenvalue weighted by Crippen LogP contribution is 2.35. The molecule has 0 saturated carbocycles. The van der Waals surface area contributed by atoms with Gasteiger partial charge in [0.2, 0.25) is 0 Å². The maximum Gasteiger partial charge on any atom is 0.167 e. The van der Waals surface area contributed by atoms with Crippen LogP contribution in [-0.2, 0) is 11.2 Å². The summed E-state index contributed by atoms with van der Waals surface area (Å²) in [5.74, 6) is -1.81. The average molecular weight is 390 g/mol. The van der Waals surface area contributed by atoms with Crippen LogP contribution in [0.25, 0.3) is 11.1 Å². The van der Waals surface area contributed by atoms with Crippen LogP contribution in [0.3, 0.4) is 0 Å². The first-order chi connectivity index (χ1) is 13.5. The van der Waals surface area contributed by atoms with Crippen molar-refractivity contribution in [1.29, 1.82) is 0 Å². The van der Waals surface area contributed by atoms with E-state index in [1.807, 2.05) is 6.92 Å². The zero-order valence-electron chi connectivity index (χ0n) is 16.7. The lowest BCUT2D eigenvalue weighted by Gasteiger charge is -2.29. The molecule has 0 aliphatic carbocycles. The third-order valence-corrected chi connectivity index (χ3v) is 5.68. The predicted molar refractivity (Wildman–Crippen MR) is 107 cm³/mol. The van der Waals surface area contributed by atoms with Crippen LogP contribution in [0.2, 0.25) is 0 Å². The summed E-state index contributed by atoms with van der Waals surface area (Å²) in [4.78, 5) is 0. The van der Waals surface area contributed by atoms with Gasteiger partial charge in [0, 0.05) is 11.1 Å². The van der Waals surface area contributed by atoms with E-state index in [-0.39, 0.29) is 17.2 Å². The fourth-order valence-corrected chi connectivity index (χ4v) is 4.01. The number of aryl methyl sites for hydroxylation is 1. The molecule has 3 rings (SSSR count). The minimum Gasteiger partial charge on any atom is -0.373 e. The van der Waals surface area contributed by atoms with Crippen molar-refractivity contribution in [2.24, 2.45) is 5.92 Å². The van der Waals surface area contributed by atoms with Crippen molar-refractivity contribution >= 4 is 0 Å². The van der Waals surface area contributed by atoms with Gasteiger partial charge in [-0.3, -0.25) is 0 Å². The van der Waals surface area contributed by atoms with E-state index < -0.39 is 17.5 Å². The molecule has 0 spiro atoms. The topological polar surface area (TPSA) is 9.23 Å². The predicted octanol–water partition coefficient (Wildman–Crippen LogP) is 7.38. The van der Waals surface area contributed by atoms with E-state index in [2.05, 4.69) is 6.92 Å². The van der Waals surface area contributed by atoms with E-state index in [0.29, 0.717) is 24.5 Å². The fraction of sp³-hybridized carbons (Fsp3) is 0.500. The molecule has 1 fully saturated rings. The minimum absolute atomic E-state index is 0.0330. The first kappa shape index (κ1) is 20.9. The quantitative estimate of drug-likeness (QED) is 0.479. The standard InChI is InChI=1S/C24H29F3O/c1-3-5-7-17-9-12-20(24(27)23(17)26)19-11-10-18(14-21(19)25)22-13-8-16(6-4-2)15-28-22/h9-12,14,16,22H,3-8,13,15H2,1-2H3. The fourth-order valence-electron chi connectivity index (χ4n) is 4.01. The molecule has 0 radical (unpaired) electrons. The Morgan fingerprint density at radius 2 is 1.71 bits per heavy atom. The van der Waals surface area contributed by atoms with Crippen molar-refractivity contribution in [3.05, 3.63) is 58.9 Å². The summed E-state index contributed by atoms with van der Waals surface area (Å²) in [5, 5.41) is 0. The molecule has 0 amide bonds. The van der Waals surface area contributed by atoms with E-state index in [9.17, 15) is 13.2 Å². The van der Waals surface area contributed by atoms with Gasteiger partial charge in [-0.2, -0.15) is 0 Å². The summed E-state index contributed by atoms with van der Waals surface area (Å²) < 4.78 is 49.6. The number of ether oxygens (including phenoxy) is 1. The number of halogens is 3. The van der Waals surface area contributed by atoms with E-state index in [4.69, 9.17) is 4.74 Å². The van der Waals surface area contributed by atoms with Gasteiger partial charge in [-0.15, -0.1) is 0 Å². The third kappa shape index (κ3) is 4.60. The molecule has 152 valence electrons. The maximum atomic E-state index is 14.8. The number of unbranched alkanes of at least 4 members (excludes halogenated alkanes) is 1. The van der Waals surface area contributed by atoms with E-state index in [1.54, 1.807) is 12.1 Å². The number of hydrogen-bond donors (Lipinski definition) is 0. The van der Waals surface area contributed by atoms with E-state index >= 15 is 0 Å². The molecule has 1 saturated heterocycles. The molecule has 1 nitrogen and oxygen atoms in total. The maximum absolute atomic E-state index is 14.8. The first-order valence-electron chi connectivity index (χ1n) is 10.4. The van der Waals surface area contributed by atoms with Crippen molar-refractivity contribution in [2.75, 3.05) is 6.61 Å². The van der Waals surface area contributed by atoms with Crippen LogP contribution < -0.4 is 0 Å². The Hall–Kier alpha value is -1.81. The molecular weight excluding hydrogens is 361 g/mol. The second-order valence-electron chi connectivity index (χ2n) is 7.80. The van der Waals surface area contributed by atoms with Gasteiger partial charge in [-0.05, 0) is 55.2 Å². The summed E-state index contributed by atoms with van der Waals surface area (Å²) >= 11 is 0. The molecule has 2 atom stereocenters. The molecule has 2 unspecified atom stereocenters. The van der Waals surface area contributed by atoms with Crippen molar-refractivity contribution in [2.45, 2.75) is 64.9 Å². The summed E-state index contributed by atoms with van der Waals surface area (Å²) in [5.41, 5.74) is 1.16. The Labute approximate surface area is 165 Å². The average Bonchev–Trinajstić information content (AvgIpc) is 2.70. The molecule has 2 aromatic rings. The smallest absolute Gasteiger partial charge is 0.167 e. The van der Waals surface area contributed by atoms with Gasteiger partial charge in [0.15, 0.2) is 11.6 Å². The van der Waals surface area contributed by atoms with Crippen molar-refractivity contribution in [3.8, 4) is 11.1 Å². The van der Waals surface area contributed by atoms with Gasteiger partial charge in [0.25, 0.3) is 0 Å². The van der Waals surface area contributed by atoms with Crippen LogP contribution in [0.4, 0.5) is 13.2 Å². The summed E-state index contributed by atoms with van der Waals surface area (Å²) in [7, 11) is 0. The largest absolute Gasteiger partial charge is 0.373 e. The lowest BCUT2D eigenvalue weighted by atomic mass is 9.91. The highest BCUT2D eigenvalue weighted by molar-refractivity contribution is 5.66. The molecule has 1 aliphatic heterocycles. The molecule has 1 heterocycles. The van der Waals surface area contributed by atoms with Gasteiger partial charge >= 0.3 is 0 Å². The van der Waals surface area contributed by atoms with Crippen LogP contribution in [0.5, 0.6) is 0 Å². The monoisotopic (exact) mass is 390 g/mol. The van der Waals surface area contributed by atoms with Gasteiger partial charge in [0.05, 0.1) is 12.7 Å². The van der Waals surface area contributed by atoms with E-state index in [0.717, 1.165) is 44.1 Å². The normalized spacial score (nSPS) is 19.8. The number of rotatable bonds is 7. The molecule has 1 aliphatic rings. The van der Waals surface area contributed by atoms with Crippen LogP contribution in [0.15, 0.2) is 30.3 Å². The highest BCUT2D eigenvalue weighted by atomic mass is 19.2. The van der Waals surface area contributed by atoms with Gasteiger partial charge in [-0.1, -0.05) is 51.0 Å². The molecule has 0 N–H and O–H groups in total. The molecule has 28 heavy (non-hydrogen) atoms. The Balaban J connectivity index is 1.79. The Morgan fingerprint density at radius 1 is 0.929 bits per heavy atom. The van der Waals surface area contributed by atoms with Crippen LogP contribution >= 0.6 is 0 Å². The van der Waals surface area contributed by atoms with Crippen LogP contribution in [0.1, 0.15) is 69.6 Å². The molecule has 4 heteroatoms. The minimum atomic E-state index is -0.975. The third-order valence-electron chi connectivity index (χ3n) is 5.68. The molecule has 0 aromatic heterocycles. The SMILES string of the molecule is CCCCc1ccc(-c2ccc(C3CCC(CCC)CO3)cc2F)c(F)c1F. The van der Waals surface area contributed by atoms with Crippen LogP contribution in [-0.4, -0.2) is 6.61 Å². The first-order valence-corrected chi connectivity index (χ1v) is 10.4. The number of hydrogen-bond acceptors (Lipinski definition) is 1. The Kier molecular flexibility index (Phi) is 7.17. The van der Waals surface area contributed by atoms with Crippen LogP contribution in [0, 0.1) is 23.4 Å². The zero-order chi connectivity index (χ0) is 20.1. The van der Waals surface area contributed by atoms with Crippen molar-refractivity contribution < 1.29 is 17.9 Å².